The zero-order valence-electron chi connectivity index (χ0n) is 20.0. The number of phenols is 1. The van der Waals surface area contributed by atoms with Gasteiger partial charge in [-0.15, -0.1) is 0 Å². The number of hydrogen-bond acceptors (Lipinski definition) is 7. The van der Waals surface area contributed by atoms with Crippen LogP contribution in [0.1, 0.15) is 42.9 Å². The normalized spacial score (nSPS) is 12.6. The van der Waals surface area contributed by atoms with Crippen LogP contribution in [0.4, 0.5) is 17.1 Å². The molecule has 4 rings (SSSR count). The second-order valence-electron chi connectivity index (χ2n) is 9.71. The summed E-state index contributed by atoms with van der Waals surface area (Å²) in [4.78, 5) is 38.7. The van der Waals surface area contributed by atoms with Gasteiger partial charge in [0.2, 0.25) is 0 Å². The first kappa shape index (κ1) is 24.3. The summed E-state index contributed by atoms with van der Waals surface area (Å²) in [6.45, 7) is 5.93. The average Bonchev–Trinajstić information content (AvgIpc) is 3.20. The van der Waals surface area contributed by atoms with E-state index in [2.05, 4.69) is 10.6 Å². The Kier molecular flexibility index (Phi) is 6.11. The maximum Gasteiger partial charge on any atom is 0.257 e. The summed E-state index contributed by atoms with van der Waals surface area (Å²) < 4.78 is 6.04. The Balaban J connectivity index is 1.70. The molecule has 0 aliphatic rings. The number of para-hydroxylation sites is 1. The van der Waals surface area contributed by atoms with E-state index in [0.717, 1.165) is 5.39 Å². The topological polar surface area (TPSA) is 112 Å². The number of amides is 1. The van der Waals surface area contributed by atoms with Gasteiger partial charge in [0.05, 0.1) is 17.3 Å². The molecule has 0 bridgehead atoms. The molecule has 35 heavy (non-hydrogen) atoms. The highest BCUT2D eigenvalue weighted by Crippen LogP contribution is 2.40. The van der Waals surface area contributed by atoms with Crippen LogP contribution in [0.25, 0.3) is 11.0 Å². The highest BCUT2D eigenvalue weighted by atomic mass is 35.5. The number of anilines is 3. The van der Waals surface area contributed by atoms with E-state index in [4.69, 9.17) is 16.0 Å². The average molecular weight is 496 g/mol. The van der Waals surface area contributed by atoms with Gasteiger partial charge in [-0.25, -0.2) is 0 Å². The van der Waals surface area contributed by atoms with Crippen LogP contribution in [-0.2, 0) is 0 Å². The van der Waals surface area contributed by atoms with Crippen LogP contribution < -0.4 is 21.5 Å². The Bertz CT molecular complexity index is 1510. The van der Waals surface area contributed by atoms with E-state index in [1.54, 1.807) is 38.4 Å². The van der Waals surface area contributed by atoms with E-state index < -0.39 is 28.2 Å². The van der Waals surface area contributed by atoms with Gasteiger partial charge in [-0.2, -0.15) is 0 Å². The van der Waals surface area contributed by atoms with E-state index in [0.29, 0.717) is 16.4 Å². The van der Waals surface area contributed by atoms with Gasteiger partial charge < -0.3 is 25.1 Å². The standard InChI is InChI=1S/C26H26ClN3O5/c1-26(2,3)24(18-12-13-11-14(27)9-10-17(13)35-18)29-20-19(22(32)23(20)33)28-16-8-6-7-15(21(16)31)25(34)30(4)5/h6-12,24,28-29,31H,1-5H3. The quantitative estimate of drug-likeness (QED) is 0.254. The minimum Gasteiger partial charge on any atom is -0.505 e. The number of carbonyl (C=O) groups excluding carboxylic acids is 1. The van der Waals surface area contributed by atoms with Crippen molar-refractivity contribution in [3.8, 4) is 5.75 Å². The molecule has 0 radical (unpaired) electrons. The minimum absolute atomic E-state index is 0.00755. The van der Waals surface area contributed by atoms with Crippen LogP contribution in [0.2, 0.25) is 5.02 Å². The fourth-order valence-electron chi connectivity index (χ4n) is 3.88. The maximum absolute atomic E-state index is 12.5. The zero-order valence-corrected chi connectivity index (χ0v) is 20.8. The number of nitrogens with one attached hydrogen (secondary N) is 2. The van der Waals surface area contributed by atoms with E-state index >= 15 is 0 Å². The molecule has 3 aromatic carbocycles. The lowest BCUT2D eigenvalue weighted by Gasteiger charge is -2.31. The molecule has 4 aromatic rings. The van der Waals surface area contributed by atoms with Crippen molar-refractivity contribution >= 4 is 45.5 Å². The number of fused-ring (bicyclic) bond motifs is 1. The molecule has 8 nitrogen and oxygen atoms in total. The SMILES string of the molecule is CN(C)C(=O)c1cccc(Nc2c(NC(c3cc4cc(Cl)ccc4o3)C(C)(C)C)c(=O)c2=O)c1O. The van der Waals surface area contributed by atoms with Crippen molar-refractivity contribution in [2.45, 2.75) is 26.8 Å². The molecule has 0 spiro atoms. The second-order valence-corrected chi connectivity index (χ2v) is 10.1. The second kappa shape index (κ2) is 8.78. The van der Waals surface area contributed by atoms with Crippen LogP contribution in [0.3, 0.4) is 0 Å². The number of aromatic hydroxyl groups is 1. The summed E-state index contributed by atoms with van der Waals surface area (Å²) in [5.74, 6) is -0.130. The first-order valence-electron chi connectivity index (χ1n) is 11.0. The molecule has 1 unspecified atom stereocenters. The van der Waals surface area contributed by atoms with Crippen molar-refractivity contribution < 1.29 is 14.3 Å². The number of carbonyl (C=O) groups is 1. The molecule has 0 aliphatic heterocycles. The first-order chi connectivity index (χ1) is 16.4. The Morgan fingerprint density at radius 3 is 2.40 bits per heavy atom. The molecule has 1 aromatic heterocycles. The van der Waals surface area contributed by atoms with Gasteiger partial charge in [-0.05, 0) is 41.8 Å². The van der Waals surface area contributed by atoms with Crippen molar-refractivity contribution in [2.75, 3.05) is 24.7 Å². The predicted octanol–water partition coefficient (Wildman–Crippen LogP) is 5.03. The number of benzene rings is 2. The van der Waals surface area contributed by atoms with E-state index in [1.807, 2.05) is 26.8 Å². The molecule has 1 atom stereocenters. The summed E-state index contributed by atoms with van der Waals surface area (Å²) in [7, 11) is 3.14. The van der Waals surface area contributed by atoms with Gasteiger partial charge in [0, 0.05) is 24.5 Å². The molecule has 0 fully saturated rings. The zero-order chi connectivity index (χ0) is 25.7. The summed E-state index contributed by atoms with van der Waals surface area (Å²) in [5, 5.41) is 18.0. The van der Waals surface area contributed by atoms with Crippen molar-refractivity contribution in [2.24, 2.45) is 5.41 Å². The predicted molar refractivity (Wildman–Crippen MR) is 138 cm³/mol. The van der Waals surface area contributed by atoms with Crippen LogP contribution in [0.5, 0.6) is 5.75 Å². The number of rotatable bonds is 6. The molecular formula is C26H26ClN3O5. The van der Waals surface area contributed by atoms with Gasteiger partial charge >= 0.3 is 0 Å². The van der Waals surface area contributed by atoms with Crippen molar-refractivity contribution in [3.05, 3.63) is 79.3 Å². The molecule has 3 N–H and O–H groups in total. The fourth-order valence-corrected chi connectivity index (χ4v) is 4.06. The first-order valence-corrected chi connectivity index (χ1v) is 11.4. The summed E-state index contributed by atoms with van der Waals surface area (Å²) in [6.07, 6.45) is 0. The molecule has 0 saturated heterocycles. The summed E-state index contributed by atoms with van der Waals surface area (Å²) >= 11 is 6.11. The van der Waals surface area contributed by atoms with Gasteiger partial charge in [0.15, 0.2) is 5.75 Å². The minimum atomic E-state index is -0.722. The van der Waals surface area contributed by atoms with Gasteiger partial charge in [0.1, 0.15) is 22.7 Å². The smallest absolute Gasteiger partial charge is 0.257 e. The van der Waals surface area contributed by atoms with Gasteiger partial charge in [0.25, 0.3) is 16.8 Å². The van der Waals surface area contributed by atoms with Crippen LogP contribution >= 0.6 is 11.6 Å². The Morgan fingerprint density at radius 1 is 1.06 bits per heavy atom. The molecule has 1 amide bonds. The van der Waals surface area contributed by atoms with E-state index in [9.17, 15) is 19.5 Å². The molecule has 9 heteroatoms. The van der Waals surface area contributed by atoms with E-state index in [1.165, 1.54) is 17.0 Å². The third-order valence-electron chi connectivity index (χ3n) is 5.78. The Hall–Kier alpha value is -3.78. The number of nitrogens with zero attached hydrogens (tertiary/aromatic N) is 1. The molecule has 0 aliphatic carbocycles. The Labute approximate surface area is 206 Å². The fraction of sp³-hybridized carbons (Fsp3) is 0.269. The number of halogens is 1. The van der Waals surface area contributed by atoms with Gasteiger partial charge in [-0.3, -0.25) is 14.4 Å². The van der Waals surface area contributed by atoms with Crippen molar-refractivity contribution in [1.82, 2.24) is 4.90 Å². The molecule has 0 saturated carbocycles. The third kappa shape index (κ3) is 4.49. The van der Waals surface area contributed by atoms with Crippen LogP contribution in [0.15, 0.2) is 56.5 Å². The molecule has 1 heterocycles. The largest absolute Gasteiger partial charge is 0.505 e. The lowest BCUT2D eigenvalue weighted by Crippen LogP contribution is -2.39. The van der Waals surface area contributed by atoms with Crippen molar-refractivity contribution in [3.63, 3.8) is 0 Å². The number of hydrogen-bond donors (Lipinski definition) is 3. The van der Waals surface area contributed by atoms with Crippen LogP contribution in [-0.4, -0.2) is 30.0 Å². The molecular weight excluding hydrogens is 470 g/mol. The van der Waals surface area contributed by atoms with Gasteiger partial charge in [-0.1, -0.05) is 38.4 Å². The Morgan fingerprint density at radius 2 is 1.74 bits per heavy atom. The summed E-state index contributed by atoms with van der Waals surface area (Å²) in [5.41, 5.74) is -0.864. The highest BCUT2D eigenvalue weighted by molar-refractivity contribution is 6.31. The molecule has 182 valence electrons. The van der Waals surface area contributed by atoms with Crippen molar-refractivity contribution in [1.29, 1.82) is 0 Å². The monoisotopic (exact) mass is 495 g/mol. The third-order valence-corrected chi connectivity index (χ3v) is 6.01. The number of phenolic OH excluding ortho intramolecular Hbond substituents is 1. The lowest BCUT2D eigenvalue weighted by atomic mass is 9.84. The maximum atomic E-state index is 12.5. The highest BCUT2D eigenvalue weighted by Gasteiger charge is 2.33. The summed E-state index contributed by atoms with van der Waals surface area (Å²) in [6, 6.07) is 11.3. The lowest BCUT2D eigenvalue weighted by molar-refractivity contribution is 0.0824. The van der Waals surface area contributed by atoms with Crippen LogP contribution in [0, 0.1) is 5.41 Å². The van der Waals surface area contributed by atoms with E-state index in [-0.39, 0.29) is 28.4 Å². The number of furan rings is 1.